The summed E-state index contributed by atoms with van der Waals surface area (Å²) in [5.41, 5.74) is 0. The summed E-state index contributed by atoms with van der Waals surface area (Å²) in [6.45, 7) is 21.3. The molecule has 0 rings (SSSR count). The van der Waals surface area contributed by atoms with E-state index in [0.717, 1.165) is 12.5 Å². The lowest BCUT2D eigenvalue weighted by atomic mass is 10.2. The van der Waals surface area contributed by atoms with Crippen molar-refractivity contribution in [2.75, 3.05) is 12.3 Å². The first-order valence-corrected chi connectivity index (χ1v) is 23.4. The van der Waals surface area contributed by atoms with Gasteiger partial charge in [-0.3, -0.25) is 9.59 Å². The molecular weight excluding hydrogens is 469 g/mol. The molecule has 2 N–H and O–H groups in total. The Morgan fingerprint density at radius 2 is 1.43 bits per heavy atom. The molecule has 0 aromatic carbocycles. The molecule has 0 aliphatic heterocycles. The van der Waals surface area contributed by atoms with E-state index >= 15 is 0 Å². The predicted molar refractivity (Wildman–Crippen MR) is 138 cm³/mol. The van der Waals surface area contributed by atoms with Gasteiger partial charge in [0.1, 0.15) is 6.04 Å². The number of nitrogens with one attached hydrogen (secondary N) is 2. The van der Waals surface area contributed by atoms with E-state index in [9.17, 15) is 9.59 Å². The predicted octanol–water partition coefficient (Wildman–Crippen LogP) is 3.81. The fourth-order valence-electron chi connectivity index (χ4n) is 3.44. The summed E-state index contributed by atoms with van der Waals surface area (Å²) in [6, 6.07) is 0.232. The molecule has 0 heterocycles. The Morgan fingerprint density at radius 3 is 1.87 bits per heavy atom. The number of carbonyl (C=O) groups is 2. The van der Waals surface area contributed by atoms with E-state index in [4.69, 9.17) is 12.3 Å². The van der Waals surface area contributed by atoms with Crippen LogP contribution in [0.25, 0.3) is 0 Å². The van der Waals surface area contributed by atoms with Crippen LogP contribution in [-0.4, -0.2) is 63.9 Å². The number of thiol groups is 1. The molecule has 0 radical (unpaired) electrons. The Labute approximate surface area is 193 Å². The van der Waals surface area contributed by atoms with Crippen LogP contribution in [0.4, 0.5) is 0 Å². The van der Waals surface area contributed by atoms with Gasteiger partial charge in [-0.05, 0) is 83.6 Å². The molecule has 0 saturated heterocycles. The SMILES string of the molecule is CC(=O)NC(CCS)C(=O)NCCC[Si](C)(O[Si](C)(C)C)O[Si](C)(C)O[Si](C)(C)C. The van der Waals surface area contributed by atoms with Crippen molar-refractivity contribution >= 4 is 58.2 Å². The van der Waals surface area contributed by atoms with Crippen molar-refractivity contribution in [3.63, 3.8) is 0 Å². The van der Waals surface area contributed by atoms with E-state index in [-0.39, 0.29) is 11.8 Å². The molecule has 0 aliphatic carbocycles. The van der Waals surface area contributed by atoms with Crippen molar-refractivity contribution in [2.45, 2.75) is 90.8 Å². The van der Waals surface area contributed by atoms with E-state index in [1.807, 2.05) is 0 Å². The average molecular weight is 513 g/mol. The highest BCUT2D eigenvalue weighted by molar-refractivity contribution is 7.80. The molecule has 12 heteroatoms. The van der Waals surface area contributed by atoms with Gasteiger partial charge in [0.05, 0.1) is 0 Å². The molecule has 2 atom stereocenters. The van der Waals surface area contributed by atoms with Crippen LogP contribution in [0.3, 0.4) is 0 Å². The fourth-order valence-corrected chi connectivity index (χ4v) is 21.7. The maximum absolute atomic E-state index is 12.4. The van der Waals surface area contributed by atoms with Gasteiger partial charge in [0.2, 0.25) is 11.8 Å². The lowest BCUT2D eigenvalue weighted by Gasteiger charge is -2.41. The van der Waals surface area contributed by atoms with Gasteiger partial charge in [-0.15, -0.1) is 0 Å². The number of amides is 2. The molecule has 0 aliphatic rings. The Kier molecular flexibility index (Phi) is 12.3. The zero-order chi connectivity index (χ0) is 23.8. The minimum Gasteiger partial charge on any atom is -0.437 e. The molecular formula is C18H44N2O5SSi4. The van der Waals surface area contributed by atoms with Crippen molar-refractivity contribution in [3.05, 3.63) is 0 Å². The zero-order valence-electron chi connectivity index (χ0n) is 20.6. The van der Waals surface area contributed by atoms with E-state index in [1.54, 1.807) is 0 Å². The van der Waals surface area contributed by atoms with Gasteiger partial charge in [0, 0.05) is 13.5 Å². The highest BCUT2D eigenvalue weighted by Crippen LogP contribution is 2.27. The molecule has 0 fully saturated rings. The second-order valence-corrected chi connectivity index (χ2v) is 27.1. The first kappa shape index (κ1) is 30.0. The topological polar surface area (TPSA) is 85.9 Å². The Bertz CT molecular complexity index is 570. The minimum atomic E-state index is -2.47. The Balaban J connectivity index is 4.99. The normalized spacial score (nSPS) is 16.0. The summed E-state index contributed by atoms with van der Waals surface area (Å²) < 4.78 is 19.6. The largest absolute Gasteiger partial charge is 0.437 e. The maximum atomic E-state index is 12.4. The summed E-state index contributed by atoms with van der Waals surface area (Å²) in [6.07, 6.45) is 1.25. The van der Waals surface area contributed by atoms with Crippen molar-refractivity contribution < 1.29 is 21.9 Å². The third kappa shape index (κ3) is 14.9. The molecule has 0 aromatic heterocycles. The van der Waals surface area contributed by atoms with E-state index in [0.29, 0.717) is 18.7 Å². The quantitative estimate of drug-likeness (QED) is 0.187. The third-order valence-electron chi connectivity index (χ3n) is 3.75. The van der Waals surface area contributed by atoms with Gasteiger partial charge in [-0.1, -0.05) is 0 Å². The summed E-state index contributed by atoms with van der Waals surface area (Å²) in [5.74, 6) is 0.132. The first-order valence-electron chi connectivity index (χ1n) is 10.6. The fraction of sp³-hybridized carbons (Fsp3) is 0.889. The van der Waals surface area contributed by atoms with Gasteiger partial charge in [-0.25, -0.2) is 0 Å². The van der Waals surface area contributed by atoms with E-state index in [1.165, 1.54) is 6.92 Å². The van der Waals surface area contributed by atoms with Crippen LogP contribution in [0.1, 0.15) is 19.8 Å². The average Bonchev–Trinajstić information content (AvgIpc) is 2.45. The van der Waals surface area contributed by atoms with Crippen molar-refractivity contribution in [1.29, 1.82) is 0 Å². The molecule has 0 bridgehead atoms. The van der Waals surface area contributed by atoms with E-state index < -0.39 is 39.8 Å². The van der Waals surface area contributed by atoms with Crippen molar-refractivity contribution in [1.82, 2.24) is 10.6 Å². The van der Waals surface area contributed by atoms with Crippen LogP contribution in [0.2, 0.25) is 65.0 Å². The number of rotatable bonds is 14. The standard InChI is InChI=1S/C18H44N2O5SSi4/c1-16(21)20-17(12-14-26)18(22)19-13-11-15-30(10,24-28(5,6)7)25-29(8,9)23-27(2,3)4/h17,26H,11-15H2,1-10H3,(H,19,22)(H,20,21). The van der Waals surface area contributed by atoms with Crippen LogP contribution < -0.4 is 10.6 Å². The summed E-state index contributed by atoms with van der Waals surface area (Å²) >= 11 is 4.17. The molecule has 0 aromatic rings. The van der Waals surface area contributed by atoms with Crippen molar-refractivity contribution in [2.24, 2.45) is 0 Å². The van der Waals surface area contributed by atoms with Crippen LogP contribution >= 0.6 is 12.6 Å². The summed E-state index contributed by atoms with van der Waals surface area (Å²) in [7, 11) is -8.33. The maximum Gasteiger partial charge on any atom is 0.315 e. The van der Waals surface area contributed by atoms with Gasteiger partial charge >= 0.3 is 17.1 Å². The van der Waals surface area contributed by atoms with Crippen molar-refractivity contribution in [3.8, 4) is 0 Å². The second-order valence-electron chi connectivity index (χ2n) is 10.2. The van der Waals surface area contributed by atoms with Crippen LogP contribution in [-0.2, 0) is 21.9 Å². The monoisotopic (exact) mass is 512 g/mol. The summed E-state index contributed by atoms with van der Waals surface area (Å²) in [5, 5.41) is 5.61. The minimum absolute atomic E-state index is 0.175. The molecule has 0 saturated carbocycles. The molecule has 178 valence electrons. The van der Waals surface area contributed by atoms with Crippen LogP contribution in [0, 0.1) is 0 Å². The highest BCUT2D eigenvalue weighted by atomic mass is 32.1. The molecule has 7 nitrogen and oxygen atoms in total. The van der Waals surface area contributed by atoms with Gasteiger partial charge in [0.15, 0.2) is 16.6 Å². The highest BCUT2D eigenvalue weighted by Gasteiger charge is 2.44. The Hall–Kier alpha value is 0.0375. The smallest absolute Gasteiger partial charge is 0.315 e. The molecule has 0 spiro atoms. The zero-order valence-corrected chi connectivity index (χ0v) is 25.5. The lowest BCUT2D eigenvalue weighted by Crippen LogP contribution is -2.57. The second kappa shape index (κ2) is 12.3. The van der Waals surface area contributed by atoms with Gasteiger partial charge in [-0.2, -0.15) is 12.6 Å². The number of carbonyl (C=O) groups excluding carboxylic acids is 2. The summed E-state index contributed by atoms with van der Waals surface area (Å²) in [4.78, 5) is 23.7. The van der Waals surface area contributed by atoms with E-state index in [2.05, 4.69) is 82.2 Å². The number of hydrogen-bond acceptors (Lipinski definition) is 6. The van der Waals surface area contributed by atoms with Gasteiger partial charge in [0.25, 0.3) is 0 Å². The molecule has 2 unspecified atom stereocenters. The van der Waals surface area contributed by atoms with Crippen LogP contribution in [0.15, 0.2) is 0 Å². The van der Waals surface area contributed by atoms with Crippen LogP contribution in [0.5, 0.6) is 0 Å². The van der Waals surface area contributed by atoms with Gasteiger partial charge < -0.3 is 23.0 Å². The lowest BCUT2D eigenvalue weighted by molar-refractivity contribution is -0.128. The first-order chi connectivity index (χ1) is 13.4. The molecule has 2 amide bonds. The molecule has 30 heavy (non-hydrogen) atoms. The Morgan fingerprint density at radius 1 is 0.900 bits per heavy atom. The third-order valence-corrected chi connectivity index (χ3v) is 17.6. The number of hydrogen-bond donors (Lipinski definition) is 3.